The lowest BCUT2D eigenvalue weighted by Gasteiger charge is -2.31. The Morgan fingerprint density at radius 2 is 1.73 bits per heavy atom. The molecule has 0 spiro atoms. The van der Waals surface area contributed by atoms with Crippen LogP contribution in [0.3, 0.4) is 0 Å². The summed E-state index contributed by atoms with van der Waals surface area (Å²) in [5.41, 5.74) is 1.31. The van der Waals surface area contributed by atoms with Crippen molar-refractivity contribution in [2.75, 3.05) is 31.7 Å². The molecule has 1 aromatic rings. The fourth-order valence-corrected chi connectivity index (χ4v) is 2.16. The van der Waals surface area contributed by atoms with Crippen molar-refractivity contribution in [2.24, 2.45) is 0 Å². The van der Waals surface area contributed by atoms with E-state index in [1.54, 1.807) is 0 Å². The van der Waals surface area contributed by atoms with Crippen LogP contribution < -0.4 is 4.90 Å². The fraction of sp³-hybridized carbons (Fsp3) is 0.538. The van der Waals surface area contributed by atoms with Gasteiger partial charge in [0.05, 0.1) is 6.67 Å². The Balaban J connectivity index is 1.88. The van der Waals surface area contributed by atoms with Gasteiger partial charge >= 0.3 is 0 Å². The summed E-state index contributed by atoms with van der Waals surface area (Å²) in [7, 11) is 2.17. The Bertz CT molecular complexity index is 278. The van der Waals surface area contributed by atoms with Gasteiger partial charge in [0.2, 0.25) is 0 Å². The lowest BCUT2D eigenvalue weighted by molar-refractivity contribution is 0.231. The first-order valence-corrected chi connectivity index (χ1v) is 5.85. The smallest absolute Gasteiger partial charge is 0.0703 e. The van der Waals surface area contributed by atoms with E-state index in [1.807, 2.05) is 0 Å². The molecule has 0 saturated carbocycles. The molecule has 1 aliphatic rings. The molecule has 1 aliphatic heterocycles. The first-order chi connectivity index (χ1) is 7.36. The number of hydrogen-bond acceptors (Lipinski definition) is 2. The summed E-state index contributed by atoms with van der Waals surface area (Å²) >= 11 is 0. The lowest BCUT2D eigenvalue weighted by atomic mass is 10.1. The largest absolute Gasteiger partial charge is 0.362 e. The number of likely N-dealkylation sites (tertiary alicyclic amines) is 1. The highest BCUT2D eigenvalue weighted by Crippen LogP contribution is 2.14. The van der Waals surface area contributed by atoms with Gasteiger partial charge in [0, 0.05) is 12.7 Å². The second-order valence-corrected chi connectivity index (χ2v) is 4.35. The molecular formula is C13H20N2. The van der Waals surface area contributed by atoms with Crippen molar-refractivity contribution >= 4 is 5.69 Å². The maximum Gasteiger partial charge on any atom is 0.0703 e. The van der Waals surface area contributed by atoms with E-state index in [1.165, 1.54) is 38.0 Å². The molecule has 2 heteroatoms. The monoisotopic (exact) mass is 204 g/mol. The van der Waals surface area contributed by atoms with Gasteiger partial charge in [-0.05, 0) is 38.1 Å². The number of para-hydroxylation sites is 1. The van der Waals surface area contributed by atoms with Crippen molar-refractivity contribution < 1.29 is 0 Å². The van der Waals surface area contributed by atoms with E-state index >= 15 is 0 Å². The zero-order valence-corrected chi connectivity index (χ0v) is 9.52. The molecule has 0 N–H and O–H groups in total. The van der Waals surface area contributed by atoms with E-state index in [0.717, 1.165) is 6.67 Å². The van der Waals surface area contributed by atoms with Gasteiger partial charge in [-0.2, -0.15) is 0 Å². The summed E-state index contributed by atoms with van der Waals surface area (Å²) < 4.78 is 0. The Morgan fingerprint density at radius 3 is 2.40 bits per heavy atom. The van der Waals surface area contributed by atoms with Crippen molar-refractivity contribution in [3.05, 3.63) is 30.3 Å². The zero-order chi connectivity index (χ0) is 10.5. The molecule has 1 aromatic carbocycles. The minimum Gasteiger partial charge on any atom is -0.362 e. The van der Waals surface area contributed by atoms with Crippen LogP contribution in [0.25, 0.3) is 0 Å². The second-order valence-electron chi connectivity index (χ2n) is 4.35. The molecule has 2 nitrogen and oxygen atoms in total. The molecule has 0 aliphatic carbocycles. The normalized spacial score (nSPS) is 17.7. The predicted molar refractivity (Wildman–Crippen MR) is 65.1 cm³/mol. The van der Waals surface area contributed by atoms with Gasteiger partial charge in [-0.15, -0.1) is 0 Å². The molecule has 1 fully saturated rings. The summed E-state index contributed by atoms with van der Waals surface area (Å²) in [5.74, 6) is 0. The quantitative estimate of drug-likeness (QED) is 0.746. The van der Waals surface area contributed by atoms with Crippen LogP contribution in [0.15, 0.2) is 30.3 Å². The van der Waals surface area contributed by atoms with Crippen LogP contribution in [0.5, 0.6) is 0 Å². The van der Waals surface area contributed by atoms with Gasteiger partial charge in [-0.25, -0.2) is 0 Å². The van der Waals surface area contributed by atoms with Gasteiger partial charge in [0.25, 0.3) is 0 Å². The predicted octanol–water partition coefficient (Wildman–Crippen LogP) is 2.57. The van der Waals surface area contributed by atoms with Crippen molar-refractivity contribution in [3.63, 3.8) is 0 Å². The van der Waals surface area contributed by atoms with Crippen molar-refractivity contribution in [2.45, 2.75) is 19.3 Å². The number of piperidine rings is 1. The number of nitrogens with zero attached hydrogens (tertiary/aromatic N) is 2. The standard InChI is InChI=1S/C13H20N2/c1-14(13-8-4-2-5-9-13)12-15-10-6-3-7-11-15/h2,4-5,8-9H,3,6-7,10-12H2,1H3. The molecule has 0 radical (unpaired) electrons. The van der Waals surface area contributed by atoms with Crippen LogP contribution in [0.4, 0.5) is 5.69 Å². The van der Waals surface area contributed by atoms with E-state index in [4.69, 9.17) is 0 Å². The van der Waals surface area contributed by atoms with Crippen LogP contribution in [0, 0.1) is 0 Å². The molecule has 2 rings (SSSR count). The molecule has 1 heterocycles. The third-order valence-electron chi connectivity index (χ3n) is 3.06. The molecule has 1 saturated heterocycles. The van der Waals surface area contributed by atoms with Gasteiger partial charge in [0.15, 0.2) is 0 Å². The average molecular weight is 204 g/mol. The third-order valence-corrected chi connectivity index (χ3v) is 3.06. The molecule has 15 heavy (non-hydrogen) atoms. The number of anilines is 1. The number of rotatable bonds is 3. The Kier molecular flexibility index (Phi) is 3.62. The summed E-state index contributed by atoms with van der Waals surface area (Å²) in [6, 6.07) is 10.6. The molecule has 0 atom stereocenters. The van der Waals surface area contributed by atoms with E-state index < -0.39 is 0 Å². The Hall–Kier alpha value is -1.02. The highest BCUT2D eigenvalue weighted by molar-refractivity contribution is 5.44. The minimum absolute atomic E-state index is 1.06. The molecule has 0 unspecified atom stereocenters. The molecule has 82 valence electrons. The minimum atomic E-state index is 1.06. The first-order valence-electron chi connectivity index (χ1n) is 5.85. The van der Waals surface area contributed by atoms with Gasteiger partial charge in [0.1, 0.15) is 0 Å². The number of benzene rings is 1. The van der Waals surface area contributed by atoms with Crippen LogP contribution in [0.2, 0.25) is 0 Å². The molecule has 0 bridgehead atoms. The van der Waals surface area contributed by atoms with Crippen LogP contribution in [-0.4, -0.2) is 31.7 Å². The van der Waals surface area contributed by atoms with Crippen LogP contribution in [0.1, 0.15) is 19.3 Å². The van der Waals surface area contributed by atoms with Gasteiger partial charge < -0.3 is 4.90 Å². The molecule has 0 amide bonds. The summed E-state index contributed by atoms with van der Waals surface area (Å²) in [4.78, 5) is 4.86. The fourth-order valence-electron chi connectivity index (χ4n) is 2.16. The maximum absolute atomic E-state index is 2.54. The summed E-state index contributed by atoms with van der Waals surface area (Å²) in [6.07, 6.45) is 4.14. The Morgan fingerprint density at radius 1 is 1.07 bits per heavy atom. The molecule has 0 aromatic heterocycles. The highest BCUT2D eigenvalue weighted by Gasteiger charge is 2.11. The second kappa shape index (κ2) is 5.17. The third kappa shape index (κ3) is 2.96. The van der Waals surface area contributed by atoms with E-state index in [9.17, 15) is 0 Å². The van der Waals surface area contributed by atoms with Crippen LogP contribution >= 0.6 is 0 Å². The van der Waals surface area contributed by atoms with Gasteiger partial charge in [-0.3, -0.25) is 4.90 Å². The van der Waals surface area contributed by atoms with Crippen molar-refractivity contribution in [3.8, 4) is 0 Å². The first kappa shape index (κ1) is 10.5. The van der Waals surface area contributed by atoms with Crippen LogP contribution in [-0.2, 0) is 0 Å². The Labute approximate surface area is 92.5 Å². The van der Waals surface area contributed by atoms with Gasteiger partial charge in [-0.1, -0.05) is 24.6 Å². The van der Waals surface area contributed by atoms with E-state index in [0.29, 0.717) is 0 Å². The SMILES string of the molecule is CN(CN1CCCCC1)c1ccccc1. The topological polar surface area (TPSA) is 6.48 Å². The number of hydrogen-bond donors (Lipinski definition) is 0. The molecular weight excluding hydrogens is 184 g/mol. The zero-order valence-electron chi connectivity index (χ0n) is 9.52. The average Bonchev–Trinajstić information content (AvgIpc) is 2.31. The maximum atomic E-state index is 2.54. The van der Waals surface area contributed by atoms with E-state index in [-0.39, 0.29) is 0 Å². The lowest BCUT2D eigenvalue weighted by Crippen LogP contribution is -2.38. The highest BCUT2D eigenvalue weighted by atomic mass is 15.3. The van der Waals surface area contributed by atoms with Crippen molar-refractivity contribution in [1.82, 2.24) is 4.90 Å². The van der Waals surface area contributed by atoms with E-state index in [2.05, 4.69) is 47.2 Å². The summed E-state index contributed by atoms with van der Waals surface area (Å²) in [6.45, 7) is 3.58. The van der Waals surface area contributed by atoms with Crippen molar-refractivity contribution in [1.29, 1.82) is 0 Å². The summed E-state index contributed by atoms with van der Waals surface area (Å²) in [5, 5.41) is 0.